The molecule has 0 aliphatic rings. The van der Waals surface area contributed by atoms with E-state index in [1.54, 1.807) is 26.4 Å². The third kappa shape index (κ3) is 6.54. The molecule has 7 nitrogen and oxygen atoms in total. The molecule has 0 saturated carbocycles. The number of oxime groups is 1. The number of carbonyl (C=O) groups is 1. The van der Waals surface area contributed by atoms with E-state index in [1.807, 2.05) is 37.3 Å². The highest BCUT2D eigenvalue weighted by molar-refractivity contribution is 5.81. The highest BCUT2D eigenvalue weighted by Crippen LogP contribution is 2.27. The van der Waals surface area contributed by atoms with Crippen molar-refractivity contribution in [3.8, 4) is 17.2 Å². The van der Waals surface area contributed by atoms with Crippen LogP contribution in [0.15, 0.2) is 47.6 Å². The van der Waals surface area contributed by atoms with Crippen molar-refractivity contribution in [1.82, 2.24) is 5.32 Å². The fraction of sp³-hybridized carbons (Fsp3) is 0.300. The van der Waals surface area contributed by atoms with E-state index in [2.05, 4.69) is 10.5 Å². The Morgan fingerprint density at radius 2 is 1.96 bits per heavy atom. The summed E-state index contributed by atoms with van der Waals surface area (Å²) in [5.41, 5.74) is 1.71. The van der Waals surface area contributed by atoms with Gasteiger partial charge in [-0.3, -0.25) is 4.79 Å². The van der Waals surface area contributed by atoms with Crippen molar-refractivity contribution >= 4 is 12.1 Å². The maximum absolute atomic E-state index is 11.8. The maximum atomic E-state index is 11.8. The zero-order valence-electron chi connectivity index (χ0n) is 15.7. The molecule has 144 valence electrons. The lowest BCUT2D eigenvalue weighted by Gasteiger charge is -2.09. The topological polar surface area (TPSA) is 78.4 Å². The van der Waals surface area contributed by atoms with Gasteiger partial charge in [-0.1, -0.05) is 17.3 Å². The number of benzene rings is 2. The van der Waals surface area contributed by atoms with Gasteiger partial charge in [-0.2, -0.15) is 0 Å². The molecular weight excluding hydrogens is 348 g/mol. The lowest BCUT2D eigenvalue weighted by Crippen LogP contribution is -2.26. The van der Waals surface area contributed by atoms with Gasteiger partial charge in [0.05, 0.1) is 27.0 Å². The lowest BCUT2D eigenvalue weighted by molar-refractivity contribution is -0.125. The summed E-state index contributed by atoms with van der Waals surface area (Å²) >= 11 is 0. The van der Waals surface area contributed by atoms with Crippen LogP contribution < -0.4 is 19.5 Å². The van der Waals surface area contributed by atoms with E-state index >= 15 is 0 Å². The number of hydrogen-bond donors (Lipinski definition) is 1. The predicted octanol–water partition coefficient (Wildman–Crippen LogP) is 2.77. The molecule has 0 aliphatic carbocycles. The molecule has 2 aromatic rings. The molecule has 0 spiro atoms. The SMILES string of the molecule is CCOc1ccc(/C=N/OCC(=O)NCc2cccc(OC)c2)cc1OC. The summed E-state index contributed by atoms with van der Waals surface area (Å²) in [7, 11) is 3.17. The van der Waals surface area contributed by atoms with Crippen molar-refractivity contribution in [2.24, 2.45) is 5.16 Å². The second-order valence-electron chi connectivity index (χ2n) is 5.48. The number of hydrogen-bond acceptors (Lipinski definition) is 6. The van der Waals surface area contributed by atoms with Gasteiger partial charge in [-0.15, -0.1) is 0 Å². The molecule has 1 amide bonds. The Balaban J connectivity index is 1.78. The highest BCUT2D eigenvalue weighted by atomic mass is 16.6. The number of methoxy groups -OCH3 is 2. The van der Waals surface area contributed by atoms with Crippen molar-refractivity contribution in [3.63, 3.8) is 0 Å². The number of rotatable bonds is 10. The Hall–Kier alpha value is -3.22. The number of nitrogens with zero attached hydrogens (tertiary/aromatic N) is 1. The normalized spacial score (nSPS) is 10.5. The molecule has 2 aromatic carbocycles. The summed E-state index contributed by atoms with van der Waals surface area (Å²) in [4.78, 5) is 16.9. The van der Waals surface area contributed by atoms with Gasteiger partial charge in [0.15, 0.2) is 18.1 Å². The van der Waals surface area contributed by atoms with E-state index in [0.717, 1.165) is 16.9 Å². The molecule has 7 heteroatoms. The molecular formula is C20H24N2O5. The first kappa shape index (κ1) is 20.1. The number of amides is 1. The van der Waals surface area contributed by atoms with Gasteiger partial charge in [0.2, 0.25) is 0 Å². The molecule has 0 fully saturated rings. The first-order valence-electron chi connectivity index (χ1n) is 8.52. The standard InChI is InChI=1S/C20H24N2O5/c1-4-26-18-9-8-16(11-19(18)25-3)13-22-27-14-20(23)21-12-15-6-5-7-17(10-15)24-2/h5-11,13H,4,12,14H2,1-3H3,(H,21,23)/b22-13+. The summed E-state index contributed by atoms with van der Waals surface area (Å²) < 4.78 is 15.9. The Labute approximate surface area is 158 Å². The minimum absolute atomic E-state index is 0.172. The van der Waals surface area contributed by atoms with Crippen LogP contribution in [0.3, 0.4) is 0 Å². The molecule has 0 saturated heterocycles. The van der Waals surface area contributed by atoms with Gasteiger partial charge in [-0.05, 0) is 42.8 Å². The largest absolute Gasteiger partial charge is 0.497 e. The molecule has 2 rings (SSSR count). The highest BCUT2D eigenvalue weighted by Gasteiger charge is 2.05. The minimum Gasteiger partial charge on any atom is -0.497 e. The third-order valence-electron chi connectivity index (χ3n) is 3.58. The Morgan fingerprint density at radius 1 is 1.11 bits per heavy atom. The van der Waals surface area contributed by atoms with E-state index < -0.39 is 0 Å². The fourth-order valence-corrected chi connectivity index (χ4v) is 2.27. The molecule has 0 unspecified atom stereocenters. The molecule has 0 bridgehead atoms. The van der Waals surface area contributed by atoms with E-state index in [9.17, 15) is 4.79 Å². The van der Waals surface area contributed by atoms with E-state index in [0.29, 0.717) is 24.7 Å². The molecule has 0 aliphatic heterocycles. The molecule has 0 aromatic heterocycles. The smallest absolute Gasteiger partial charge is 0.261 e. The molecule has 0 radical (unpaired) electrons. The van der Waals surface area contributed by atoms with Gasteiger partial charge in [0, 0.05) is 12.1 Å². The maximum Gasteiger partial charge on any atom is 0.261 e. The Kier molecular flexibility index (Phi) is 7.96. The first-order valence-corrected chi connectivity index (χ1v) is 8.52. The minimum atomic E-state index is -0.265. The van der Waals surface area contributed by atoms with E-state index in [1.165, 1.54) is 6.21 Å². The van der Waals surface area contributed by atoms with Crippen molar-refractivity contribution in [1.29, 1.82) is 0 Å². The fourth-order valence-electron chi connectivity index (χ4n) is 2.27. The van der Waals surface area contributed by atoms with Crippen LogP contribution in [0.25, 0.3) is 0 Å². The Bertz CT molecular complexity index is 777. The van der Waals surface area contributed by atoms with Crippen molar-refractivity contribution < 1.29 is 23.8 Å². The average Bonchev–Trinajstić information content (AvgIpc) is 2.70. The second kappa shape index (κ2) is 10.7. The van der Waals surface area contributed by atoms with E-state index in [4.69, 9.17) is 19.0 Å². The number of ether oxygens (including phenoxy) is 3. The van der Waals surface area contributed by atoms with Gasteiger partial charge in [0.25, 0.3) is 5.91 Å². The van der Waals surface area contributed by atoms with Crippen molar-refractivity contribution in [2.45, 2.75) is 13.5 Å². The molecule has 1 N–H and O–H groups in total. The Morgan fingerprint density at radius 3 is 2.70 bits per heavy atom. The monoisotopic (exact) mass is 372 g/mol. The summed E-state index contributed by atoms with van der Waals surface area (Å²) in [6.45, 7) is 2.67. The van der Waals surface area contributed by atoms with Gasteiger partial charge in [0.1, 0.15) is 5.75 Å². The molecule has 0 atom stereocenters. The zero-order valence-corrected chi connectivity index (χ0v) is 15.7. The average molecular weight is 372 g/mol. The summed E-state index contributed by atoms with van der Waals surface area (Å²) in [6.07, 6.45) is 1.51. The van der Waals surface area contributed by atoms with Crippen LogP contribution >= 0.6 is 0 Å². The summed E-state index contributed by atoms with van der Waals surface area (Å²) in [5, 5.41) is 6.57. The summed E-state index contributed by atoms with van der Waals surface area (Å²) in [5.74, 6) is 1.75. The predicted molar refractivity (Wildman–Crippen MR) is 103 cm³/mol. The van der Waals surface area contributed by atoms with Crippen molar-refractivity contribution in [3.05, 3.63) is 53.6 Å². The van der Waals surface area contributed by atoms with Crippen LogP contribution in [0.1, 0.15) is 18.1 Å². The summed E-state index contributed by atoms with van der Waals surface area (Å²) in [6, 6.07) is 12.9. The molecule has 0 heterocycles. The zero-order chi connectivity index (χ0) is 19.5. The van der Waals surface area contributed by atoms with Crippen LogP contribution in [0.5, 0.6) is 17.2 Å². The van der Waals surface area contributed by atoms with Crippen LogP contribution in [-0.4, -0.2) is 39.6 Å². The lowest BCUT2D eigenvalue weighted by atomic mass is 10.2. The number of carbonyl (C=O) groups excluding carboxylic acids is 1. The van der Waals surface area contributed by atoms with E-state index in [-0.39, 0.29) is 12.5 Å². The van der Waals surface area contributed by atoms with Crippen LogP contribution in [0.4, 0.5) is 0 Å². The van der Waals surface area contributed by atoms with Crippen LogP contribution in [-0.2, 0) is 16.2 Å². The van der Waals surface area contributed by atoms with Gasteiger partial charge in [-0.25, -0.2) is 0 Å². The van der Waals surface area contributed by atoms with Crippen molar-refractivity contribution in [2.75, 3.05) is 27.4 Å². The quantitative estimate of drug-likeness (QED) is 0.512. The van der Waals surface area contributed by atoms with Gasteiger partial charge >= 0.3 is 0 Å². The third-order valence-corrected chi connectivity index (χ3v) is 3.58. The van der Waals surface area contributed by atoms with Gasteiger partial charge < -0.3 is 24.4 Å². The second-order valence-corrected chi connectivity index (χ2v) is 5.48. The van der Waals surface area contributed by atoms with Crippen LogP contribution in [0.2, 0.25) is 0 Å². The number of nitrogens with one attached hydrogen (secondary N) is 1. The van der Waals surface area contributed by atoms with Crippen LogP contribution in [0, 0.1) is 0 Å². The first-order chi connectivity index (χ1) is 13.2. The molecule has 27 heavy (non-hydrogen) atoms.